The van der Waals surface area contributed by atoms with Crippen LogP contribution in [0.15, 0.2) is 60.8 Å². The molecular weight excluding hydrogens is 649 g/mol. The second kappa shape index (κ2) is 11.8. The molecule has 17 heteroatoms. The lowest BCUT2D eigenvalue weighted by Gasteiger charge is -2.17. The molecule has 8 nitrogen and oxygen atoms in total. The van der Waals surface area contributed by atoms with Crippen molar-refractivity contribution in [2.24, 2.45) is 0 Å². The van der Waals surface area contributed by atoms with Gasteiger partial charge in [0.25, 0.3) is 16.0 Å². The number of anilines is 1. The molecule has 4 rings (SSSR count). The number of hydrogen-bond acceptors (Lipinski definition) is 5. The van der Waals surface area contributed by atoms with E-state index in [1.54, 1.807) is 0 Å². The van der Waals surface area contributed by atoms with Gasteiger partial charge >= 0.3 is 12.4 Å². The lowest BCUT2D eigenvalue weighted by atomic mass is 10.0. The Bertz CT molecular complexity index is 1780. The van der Waals surface area contributed by atoms with E-state index < -0.39 is 45.6 Å². The number of amides is 1. The van der Waals surface area contributed by atoms with Crippen molar-refractivity contribution >= 4 is 45.0 Å². The third kappa shape index (κ3) is 7.47. The average Bonchev–Trinajstić information content (AvgIpc) is 3.23. The van der Waals surface area contributed by atoms with Gasteiger partial charge in [0.2, 0.25) is 0 Å². The van der Waals surface area contributed by atoms with Crippen LogP contribution in [0, 0.1) is 6.92 Å². The third-order valence-electron chi connectivity index (χ3n) is 6.14. The minimum Gasteiger partial charge on any atom is -0.305 e. The summed E-state index contributed by atoms with van der Waals surface area (Å²) in [5.41, 5.74) is -0.672. The number of carbonyl (C=O) groups is 1. The summed E-state index contributed by atoms with van der Waals surface area (Å²) >= 11 is 12.4. The van der Waals surface area contributed by atoms with Crippen molar-refractivity contribution in [1.82, 2.24) is 14.8 Å². The topological polar surface area (TPSA) is 114 Å². The molecule has 2 N–H and O–H groups in total. The van der Waals surface area contributed by atoms with Gasteiger partial charge < -0.3 is 5.32 Å². The van der Waals surface area contributed by atoms with Crippen molar-refractivity contribution < 1.29 is 44.1 Å². The molecule has 4 aromatic rings. The van der Waals surface area contributed by atoms with Gasteiger partial charge in [0.1, 0.15) is 11.1 Å². The summed E-state index contributed by atoms with van der Waals surface area (Å²) in [5.74, 6) is -1.06. The summed E-state index contributed by atoms with van der Waals surface area (Å²) < 4.78 is 112. The van der Waals surface area contributed by atoms with Crippen LogP contribution < -0.4 is 5.32 Å². The predicted molar refractivity (Wildman–Crippen MR) is 146 cm³/mol. The SMILES string of the molecule is Cc1c(C(=O)Nc2ccc(C(F)(F)F)cn2)nn(-c2ccc(Cl)cc2Cl)c1-c1ccc(C(CC(F)(F)F)S(=O)(=O)O)cc1. The van der Waals surface area contributed by atoms with E-state index in [1.807, 2.05) is 0 Å². The minimum absolute atomic E-state index is 0.0980. The Morgan fingerprint density at radius 1 is 1.02 bits per heavy atom. The second-order valence-corrected chi connectivity index (χ2v) is 11.6. The normalized spacial score (nSPS) is 13.2. The molecule has 1 atom stereocenters. The molecular formula is C26H18Cl2F6N4O4S. The largest absolute Gasteiger partial charge is 0.417 e. The zero-order valence-corrected chi connectivity index (χ0v) is 23.8. The average molecular weight is 667 g/mol. The number of pyridine rings is 1. The monoisotopic (exact) mass is 666 g/mol. The van der Waals surface area contributed by atoms with Crippen molar-refractivity contribution in [3.63, 3.8) is 0 Å². The molecule has 1 amide bonds. The summed E-state index contributed by atoms with van der Waals surface area (Å²) in [6.07, 6.45) is -10.8. The van der Waals surface area contributed by atoms with Gasteiger partial charge in [-0.3, -0.25) is 9.35 Å². The van der Waals surface area contributed by atoms with E-state index in [0.717, 1.165) is 24.3 Å². The Balaban J connectivity index is 1.79. The third-order valence-corrected chi connectivity index (χ3v) is 7.84. The number of alkyl halides is 6. The van der Waals surface area contributed by atoms with E-state index in [0.29, 0.717) is 6.20 Å². The van der Waals surface area contributed by atoms with E-state index in [4.69, 9.17) is 23.2 Å². The standard InChI is InChI=1S/C26H18Cl2F6N4O4S/c1-13-22(24(39)36-21-9-6-16(12-35-21)26(32,33)34)37-38(19-8-7-17(27)10-18(19)28)23(13)15-4-2-14(3-5-15)20(43(40,41)42)11-25(29,30)31/h2-10,12,20H,11H2,1H3,(H,35,36,39)(H,40,41,42). The summed E-state index contributed by atoms with van der Waals surface area (Å²) in [6.45, 7) is 1.48. The number of aromatic nitrogens is 3. The second-order valence-electron chi connectivity index (χ2n) is 9.16. The molecule has 228 valence electrons. The lowest BCUT2D eigenvalue weighted by molar-refractivity contribution is -0.138. The first-order chi connectivity index (χ1) is 19.8. The molecule has 0 fully saturated rings. The Kier molecular flexibility index (Phi) is 8.84. The highest BCUT2D eigenvalue weighted by atomic mass is 35.5. The highest BCUT2D eigenvalue weighted by Gasteiger charge is 2.39. The van der Waals surface area contributed by atoms with Gasteiger partial charge in [-0.2, -0.15) is 39.9 Å². The maximum Gasteiger partial charge on any atom is 0.417 e. The molecule has 0 saturated heterocycles. The molecule has 0 aliphatic rings. The highest BCUT2D eigenvalue weighted by molar-refractivity contribution is 7.86. The van der Waals surface area contributed by atoms with Crippen LogP contribution in [0.4, 0.5) is 32.2 Å². The van der Waals surface area contributed by atoms with Crippen molar-refractivity contribution in [3.8, 4) is 16.9 Å². The Labute approximate surface area is 250 Å². The highest BCUT2D eigenvalue weighted by Crippen LogP contribution is 2.37. The molecule has 43 heavy (non-hydrogen) atoms. The quantitative estimate of drug-likeness (QED) is 0.154. The van der Waals surface area contributed by atoms with Crippen LogP contribution in [0.3, 0.4) is 0 Å². The summed E-state index contributed by atoms with van der Waals surface area (Å²) in [4.78, 5) is 16.8. The Hall–Kier alpha value is -3.66. The molecule has 0 radical (unpaired) electrons. The van der Waals surface area contributed by atoms with Crippen molar-refractivity contribution in [1.29, 1.82) is 0 Å². The maximum atomic E-state index is 13.2. The van der Waals surface area contributed by atoms with Crippen molar-refractivity contribution in [2.75, 3.05) is 5.32 Å². The van der Waals surface area contributed by atoms with Crippen LogP contribution >= 0.6 is 23.2 Å². The zero-order valence-electron chi connectivity index (χ0n) is 21.5. The van der Waals surface area contributed by atoms with Crippen molar-refractivity contribution in [3.05, 3.63) is 93.2 Å². The zero-order chi connectivity index (χ0) is 31.9. The molecule has 2 aromatic heterocycles. The Morgan fingerprint density at radius 3 is 2.19 bits per heavy atom. The van der Waals surface area contributed by atoms with E-state index in [1.165, 1.54) is 41.9 Å². The minimum atomic E-state index is -5.13. The van der Waals surface area contributed by atoms with Crippen molar-refractivity contribution in [2.45, 2.75) is 30.9 Å². The van der Waals surface area contributed by atoms with Crippen LogP contribution in [0.2, 0.25) is 10.0 Å². The first kappa shape index (κ1) is 32.3. The van der Waals surface area contributed by atoms with Gasteiger partial charge in [-0.15, -0.1) is 0 Å². The first-order valence-corrected chi connectivity index (χ1v) is 14.1. The molecule has 2 heterocycles. The van der Waals surface area contributed by atoms with Gasteiger partial charge in [-0.25, -0.2) is 9.67 Å². The molecule has 0 aliphatic carbocycles. The first-order valence-electron chi connectivity index (χ1n) is 11.9. The van der Waals surface area contributed by atoms with Gasteiger partial charge in [-0.05, 0) is 42.8 Å². The number of nitrogens with one attached hydrogen (secondary N) is 1. The fourth-order valence-electron chi connectivity index (χ4n) is 4.15. The van der Waals surface area contributed by atoms with Gasteiger partial charge in [0, 0.05) is 22.3 Å². The molecule has 1 unspecified atom stereocenters. The number of benzene rings is 2. The Morgan fingerprint density at radius 2 is 1.67 bits per heavy atom. The fourth-order valence-corrected chi connectivity index (χ4v) is 5.54. The van der Waals surface area contributed by atoms with E-state index in [2.05, 4.69) is 15.4 Å². The van der Waals surface area contributed by atoms with Crippen LogP contribution in [-0.2, 0) is 16.3 Å². The molecule has 0 spiro atoms. The van der Waals surface area contributed by atoms with E-state index in [-0.39, 0.29) is 49.6 Å². The van der Waals surface area contributed by atoms with Crippen LogP contribution in [0.1, 0.15) is 38.8 Å². The summed E-state index contributed by atoms with van der Waals surface area (Å²) in [5, 5.41) is 4.78. The predicted octanol–water partition coefficient (Wildman–Crippen LogP) is 7.70. The van der Waals surface area contributed by atoms with Gasteiger partial charge in [0.15, 0.2) is 5.69 Å². The van der Waals surface area contributed by atoms with Gasteiger partial charge in [0.05, 0.1) is 28.4 Å². The number of nitrogens with zero attached hydrogens (tertiary/aromatic N) is 3. The summed E-state index contributed by atoms with van der Waals surface area (Å²) in [7, 11) is -5.13. The van der Waals surface area contributed by atoms with E-state index >= 15 is 0 Å². The van der Waals surface area contributed by atoms with Crippen LogP contribution in [0.5, 0.6) is 0 Å². The smallest absolute Gasteiger partial charge is 0.305 e. The molecule has 0 saturated carbocycles. The fraction of sp³-hybridized carbons (Fsp3) is 0.192. The molecule has 0 bridgehead atoms. The summed E-state index contributed by atoms with van der Waals surface area (Å²) in [6, 6.07) is 10.7. The van der Waals surface area contributed by atoms with E-state index in [9.17, 15) is 44.1 Å². The van der Waals surface area contributed by atoms with Crippen LogP contribution in [-0.4, -0.2) is 39.8 Å². The maximum absolute atomic E-state index is 13.2. The lowest BCUT2D eigenvalue weighted by Crippen LogP contribution is -2.20. The molecule has 0 aliphatic heterocycles. The number of halogens is 8. The molecule has 2 aromatic carbocycles. The number of rotatable bonds is 7. The number of hydrogen-bond donors (Lipinski definition) is 2. The van der Waals surface area contributed by atoms with Gasteiger partial charge in [-0.1, -0.05) is 47.5 Å². The number of carbonyl (C=O) groups excluding carboxylic acids is 1. The van der Waals surface area contributed by atoms with Crippen LogP contribution in [0.25, 0.3) is 16.9 Å².